The summed E-state index contributed by atoms with van der Waals surface area (Å²) in [5.41, 5.74) is 7.35. The van der Waals surface area contributed by atoms with Gasteiger partial charge in [-0.25, -0.2) is 0 Å². The van der Waals surface area contributed by atoms with Gasteiger partial charge in [-0.2, -0.15) is 0 Å². The molecule has 0 saturated heterocycles. The minimum atomic E-state index is -0.280. The lowest BCUT2D eigenvalue weighted by atomic mass is 10.0. The summed E-state index contributed by atoms with van der Waals surface area (Å²) in [7, 11) is 0. The largest absolute Gasteiger partial charge is 0.369 e. The van der Waals surface area contributed by atoms with Crippen LogP contribution >= 0.6 is 0 Å². The summed E-state index contributed by atoms with van der Waals surface area (Å²) in [6, 6.07) is 8.01. The molecule has 1 aromatic rings. The Bertz CT molecular complexity index is 293. The van der Waals surface area contributed by atoms with Crippen LogP contribution in [0.15, 0.2) is 24.3 Å². The highest BCUT2D eigenvalue weighted by Gasteiger charge is 2.00. The van der Waals surface area contributed by atoms with Gasteiger partial charge in [0.2, 0.25) is 5.91 Å². The molecule has 0 atom stereocenters. The molecule has 0 saturated carbocycles. The van der Waals surface area contributed by atoms with E-state index in [0.29, 0.717) is 12.3 Å². The fourth-order valence-electron chi connectivity index (χ4n) is 1.22. The molecule has 0 aliphatic carbocycles. The number of hydrogen-bond donors (Lipinski definition) is 1. The second-order valence-electron chi connectivity index (χ2n) is 3.54. The van der Waals surface area contributed by atoms with Crippen LogP contribution in [-0.2, 0) is 11.2 Å². The summed E-state index contributed by atoms with van der Waals surface area (Å²) in [5, 5.41) is 0. The van der Waals surface area contributed by atoms with Crippen molar-refractivity contribution in [3.8, 4) is 0 Å². The second kappa shape index (κ2) is 4.08. The highest BCUT2D eigenvalue weighted by atomic mass is 16.1. The smallest absolute Gasteiger partial charge is 0.221 e. The van der Waals surface area contributed by atoms with Gasteiger partial charge in [-0.1, -0.05) is 38.1 Å². The minimum absolute atomic E-state index is 0. The summed E-state index contributed by atoms with van der Waals surface area (Å²) in [6.45, 7) is 4.28. The predicted octanol–water partition coefficient (Wildman–Crippen LogP) is 2.08. The summed E-state index contributed by atoms with van der Waals surface area (Å²) in [5.74, 6) is 0.250. The molecule has 0 heterocycles. The van der Waals surface area contributed by atoms with E-state index in [-0.39, 0.29) is 7.33 Å². The Hall–Kier alpha value is -1.31. The lowest BCUT2D eigenvalue weighted by Gasteiger charge is -2.05. The Balaban J connectivity index is 0.00000169. The Kier molecular flexibility index (Phi) is 3.07. The van der Waals surface area contributed by atoms with Crippen molar-refractivity contribution < 1.29 is 6.22 Å². The van der Waals surface area contributed by atoms with Gasteiger partial charge in [-0.3, -0.25) is 4.79 Å². The SMILES string of the molecule is CC(C)c1ccc(CC(N)=O)cc1.[HH]. The second-order valence-corrected chi connectivity index (χ2v) is 3.54. The zero-order valence-electron chi connectivity index (χ0n) is 8.08. The molecule has 72 valence electrons. The monoisotopic (exact) mass is 179 g/mol. The van der Waals surface area contributed by atoms with Crippen molar-refractivity contribution in [3.63, 3.8) is 0 Å². The van der Waals surface area contributed by atoms with E-state index in [2.05, 4.69) is 13.8 Å². The Morgan fingerprint density at radius 3 is 2.31 bits per heavy atom. The van der Waals surface area contributed by atoms with Crippen LogP contribution in [0.3, 0.4) is 0 Å². The molecule has 13 heavy (non-hydrogen) atoms. The van der Waals surface area contributed by atoms with Crippen LogP contribution in [0.25, 0.3) is 0 Å². The summed E-state index contributed by atoms with van der Waals surface area (Å²) >= 11 is 0. The van der Waals surface area contributed by atoms with Crippen molar-refractivity contribution in [1.29, 1.82) is 0 Å². The third kappa shape index (κ3) is 2.90. The third-order valence-electron chi connectivity index (χ3n) is 2.02. The number of carbonyl (C=O) groups excluding carboxylic acids is 1. The number of rotatable bonds is 3. The van der Waals surface area contributed by atoms with Crippen LogP contribution in [0.2, 0.25) is 0 Å². The Labute approximate surface area is 80.2 Å². The van der Waals surface area contributed by atoms with E-state index < -0.39 is 0 Å². The first-order chi connectivity index (χ1) is 6.09. The molecule has 2 N–H and O–H groups in total. The maximum Gasteiger partial charge on any atom is 0.221 e. The average molecular weight is 179 g/mol. The molecule has 0 aromatic heterocycles. The van der Waals surface area contributed by atoms with Crippen molar-refractivity contribution in [1.82, 2.24) is 0 Å². The van der Waals surface area contributed by atoms with Crippen LogP contribution in [-0.4, -0.2) is 5.91 Å². The number of benzene rings is 1. The van der Waals surface area contributed by atoms with Gasteiger partial charge in [0.15, 0.2) is 0 Å². The molecule has 0 bridgehead atoms. The highest BCUT2D eigenvalue weighted by Crippen LogP contribution is 2.14. The topological polar surface area (TPSA) is 43.1 Å². The molecule has 0 aliphatic rings. The summed E-state index contributed by atoms with van der Waals surface area (Å²) < 4.78 is 0. The lowest BCUT2D eigenvalue weighted by molar-refractivity contribution is -0.117. The van der Waals surface area contributed by atoms with Crippen LogP contribution < -0.4 is 5.73 Å². The zero-order valence-corrected chi connectivity index (χ0v) is 8.08. The molecule has 0 fully saturated rings. The molecule has 0 radical (unpaired) electrons. The molecule has 0 aliphatic heterocycles. The maximum absolute atomic E-state index is 10.6. The van der Waals surface area contributed by atoms with E-state index in [1.807, 2.05) is 24.3 Å². The van der Waals surface area contributed by atoms with Gasteiger partial charge in [0.05, 0.1) is 6.42 Å². The predicted molar refractivity (Wildman–Crippen MR) is 55.5 cm³/mol. The molecule has 1 rings (SSSR count). The quantitative estimate of drug-likeness (QED) is 0.758. The zero-order chi connectivity index (χ0) is 9.84. The standard InChI is InChI=1S/C11H15NO.H2/c1-8(2)10-5-3-9(4-6-10)7-11(12)13;/h3-6,8H,7H2,1-2H3,(H2,12,13);1H. The number of carbonyl (C=O) groups is 1. The van der Waals surface area contributed by atoms with E-state index in [9.17, 15) is 4.79 Å². The first kappa shape index (κ1) is 9.78. The highest BCUT2D eigenvalue weighted by molar-refractivity contribution is 5.76. The maximum atomic E-state index is 10.6. The van der Waals surface area contributed by atoms with E-state index in [1.54, 1.807) is 0 Å². The van der Waals surface area contributed by atoms with Crippen molar-refractivity contribution in [2.75, 3.05) is 0 Å². The van der Waals surface area contributed by atoms with Gasteiger partial charge in [-0.15, -0.1) is 0 Å². The van der Waals surface area contributed by atoms with Gasteiger partial charge in [0.25, 0.3) is 0 Å². The van der Waals surface area contributed by atoms with E-state index in [4.69, 9.17) is 5.73 Å². The van der Waals surface area contributed by atoms with Crippen LogP contribution in [0.4, 0.5) is 0 Å². The van der Waals surface area contributed by atoms with Crippen molar-refractivity contribution in [2.45, 2.75) is 26.2 Å². The minimum Gasteiger partial charge on any atom is -0.369 e. The van der Waals surface area contributed by atoms with Crippen LogP contribution in [0.5, 0.6) is 0 Å². The number of nitrogens with two attached hydrogens (primary N) is 1. The van der Waals surface area contributed by atoms with Gasteiger partial charge in [0.1, 0.15) is 0 Å². The summed E-state index contributed by atoms with van der Waals surface area (Å²) in [6.07, 6.45) is 0.332. The molecular formula is C11H17NO. The first-order valence-electron chi connectivity index (χ1n) is 4.46. The van der Waals surface area contributed by atoms with E-state index >= 15 is 0 Å². The first-order valence-corrected chi connectivity index (χ1v) is 4.46. The van der Waals surface area contributed by atoms with Crippen molar-refractivity contribution >= 4 is 5.91 Å². The van der Waals surface area contributed by atoms with Crippen LogP contribution in [0.1, 0.15) is 32.3 Å². The van der Waals surface area contributed by atoms with Crippen molar-refractivity contribution in [2.24, 2.45) is 5.73 Å². The Morgan fingerprint density at radius 1 is 1.38 bits per heavy atom. The average Bonchev–Trinajstić information content (AvgIpc) is 2.04. The molecule has 0 unspecified atom stereocenters. The molecule has 2 nitrogen and oxygen atoms in total. The van der Waals surface area contributed by atoms with E-state index in [0.717, 1.165) is 5.56 Å². The molecule has 1 amide bonds. The molecule has 0 spiro atoms. The lowest BCUT2D eigenvalue weighted by Crippen LogP contribution is -2.13. The normalized spacial score (nSPS) is 10.4. The number of primary amides is 1. The Morgan fingerprint density at radius 2 is 1.92 bits per heavy atom. The van der Waals surface area contributed by atoms with Crippen LogP contribution in [0, 0.1) is 0 Å². The fourth-order valence-corrected chi connectivity index (χ4v) is 1.22. The number of amides is 1. The number of hydrogen-bond acceptors (Lipinski definition) is 1. The summed E-state index contributed by atoms with van der Waals surface area (Å²) in [4.78, 5) is 10.6. The van der Waals surface area contributed by atoms with Crippen molar-refractivity contribution in [3.05, 3.63) is 35.4 Å². The molecular weight excluding hydrogens is 162 g/mol. The molecule has 1 aromatic carbocycles. The van der Waals surface area contributed by atoms with Gasteiger partial charge in [-0.05, 0) is 17.0 Å². The fraction of sp³-hybridized carbons (Fsp3) is 0.364. The van der Waals surface area contributed by atoms with Gasteiger partial charge >= 0.3 is 0 Å². The van der Waals surface area contributed by atoms with Gasteiger partial charge in [0, 0.05) is 1.43 Å². The van der Waals surface area contributed by atoms with E-state index in [1.165, 1.54) is 5.56 Å². The third-order valence-corrected chi connectivity index (χ3v) is 2.02. The van der Waals surface area contributed by atoms with Gasteiger partial charge < -0.3 is 5.73 Å². The molecule has 2 heteroatoms.